The van der Waals surface area contributed by atoms with Gasteiger partial charge in [-0.3, -0.25) is 4.90 Å². The van der Waals surface area contributed by atoms with Crippen molar-refractivity contribution in [1.82, 2.24) is 10.2 Å². The number of likely N-dealkylation sites (tertiary alicyclic amines) is 1. The Balaban J connectivity index is 1.63. The molecule has 0 aromatic rings. The van der Waals surface area contributed by atoms with Gasteiger partial charge in [-0.2, -0.15) is 0 Å². The van der Waals surface area contributed by atoms with E-state index in [0.29, 0.717) is 6.73 Å². The third-order valence-corrected chi connectivity index (χ3v) is 3.07. The van der Waals surface area contributed by atoms with Crippen molar-refractivity contribution in [3.63, 3.8) is 0 Å². The predicted molar refractivity (Wildman–Crippen MR) is 53.8 cm³/mol. The van der Waals surface area contributed by atoms with Crippen molar-refractivity contribution in [1.29, 1.82) is 0 Å². The summed E-state index contributed by atoms with van der Waals surface area (Å²) in [5.41, 5.74) is 0. The predicted octanol–water partition coefficient (Wildman–Crippen LogP) is 0.127. The van der Waals surface area contributed by atoms with Crippen molar-refractivity contribution in [3.8, 4) is 0 Å². The molecule has 0 aromatic carbocycles. The van der Waals surface area contributed by atoms with Gasteiger partial charge in [0, 0.05) is 13.1 Å². The van der Waals surface area contributed by atoms with Crippen LogP contribution in [0.4, 0.5) is 0 Å². The van der Waals surface area contributed by atoms with E-state index in [1.165, 1.54) is 12.8 Å². The van der Waals surface area contributed by atoms with Gasteiger partial charge in [0.05, 0.1) is 6.04 Å². The number of aliphatic hydroxyl groups is 1. The van der Waals surface area contributed by atoms with Crippen LogP contribution in [0.5, 0.6) is 0 Å². The van der Waals surface area contributed by atoms with Gasteiger partial charge in [-0.05, 0) is 32.2 Å². The first-order chi connectivity index (χ1) is 6.86. The molecule has 0 spiro atoms. The van der Waals surface area contributed by atoms with Gasteiger partial charge >= 0.3 is 0 Å². The molecule has 2 unspecified atom stereocenters. The topological polar surface area (TPSA) is 44.7 Å². The molecule has 82 valence electrons. The van der Waals surface area contributed by atoms with Crippen LogP contribution in [0.2, 0.25) is 0 Å². The standard InChI is InChI=1S/C10H20N2O2/c13-10(9-4-3-5-11-9)14-8-12-6-1-2-7-12/h9-11,13H,1-8H2. The molecule has 2 fully saturated rings. The van der Waals surface area contributed by atoms with Crippen molar-refractivity contribution in [2.24, 2.45) is 0 Å². The highest BCUT2D eigenvalue weighted by atomic mass is 16.6. The average Bonchev–Trinajstić information content (AvgIpc) is 2.87. The minimum atomic E-state index is -0.627. The van der Waals surface area contributed by atoms with Gasteiger partial charge in [-0.15, -0.1) is 0 Å². The second kappa shape index (κ2) is 5.07. The van der Waals surface area contributed by atoms with Gasteiger partial charge in [-0.25, -0.2) is 0 Å². The van der Waals surface area contributed by atoms with Crippen molar-refractivity contribution < 1.29 is 9.84 Å². The smallest absolute Gasteiger partial charge is 0.171 e. The molecule has 2 atom stereocenters. The summed E-state index contributed by atoms with van der Waals surface area (Å²) in [4.78, 5) is 2.25. The average molecular weight is 200 g/mol. The van der Waals surface area contributed by atoms with E-state index < -0.39 is 6.29 Å². The van der Waals surface area contributed by atoms with E-state index in [0.717, 1.165) is 32.5 Å². The van der Waals surface area contributed by atoms with Crippen LogP contribution in [0.25, 0.3) is 0 Å². The minimum Gasteiger partial charge on any atom is -0.367 e. The van der Waals surface area contributed by atoms with Gasteiger partial charge in [-0.1, -0.05) is 0 Å². The zero-order chi connectivity index (χ0) is 9.80. The van der Waals surface area contributed by atoms with Gasteiger partial charge in [0.2, 0.25) is 0 Å². The van der Waals surface area contributed by atoms with E-state index >= 15 is 0 Å². The van der Waals surface area contributed by atoms with Gasteiger partial charge in [0.25, 0.3) is 0 Å². The minimum absolute atomic E-state index is 0.151. The van der Waals surface area contributed by atoms with E-state index in [1.807, 2.05) is 0 Å². The SMILES string of the molecule is OC(OCN1CCCC1)C1CCCN1. The summed E-state index contributed by atoms with van der Waals surface area (Å²) in [6, 6.07) is 0.151. The van der Waals surface area contributed by atoms with E-state index in [9.17, 15) is 5.11 Å². The molecule has 4 heteroatoms. The second-order valence-electron chi connectivity index (χ2n) is 4.21. The molecule has 4 nitrogen and oxygen atoms in total. The second-order valence-corrected chi connectivity index (χ2v) is 4.21. The zero-order valence-corrected chi connectivity index (χ0v) is 8.61. The highest BCUT2D eigenvalue weighted by molar-refractivity contribution is 4.76. The molecule has 0 amide bonds. The van der Waals surface area contributed by atoms with Gasteiger partial charge in [0.1, 0.15) is 6.73 Å². The van der Waals surface area contributed by atoms with Crippen LogP contribution in [0, 0.1) is 0 Å². The Morgan fingerprint density at radius 2 is 2.14 bits per heavy atom. The first-order valence-corrected chi connectivity index (χ1v) is 5.62. The van der Waals surface area contributed by atoms with Crippen LogP contribution >= 0.6 is 0 Å². The number of nitrogens with one attached hydrogen (secondary N) is 1. The fourth-order valence-electron chi connectivity index (χ4n) is 2.16. The van der Waals surface area contributed by atoms with Crippen LogP contribution in [0.1, 0.15) is 25.7 Å². The molecule has 0 aromatic heterocycles. The lowest BCUT2D eigenvalue weighted by Crippen LogP contribution is -2.39. The summed E-state index contributed by atoms with van der Waals surface area (Å²) in [5.74, 6) is 0. The van der Waals surface area contributed by atoms with E-state index in [1.54, 1.807) is 0 Å². The third-order valence-electron chi connectivity index (χ3n) is 3.07. The zero-order valence-electron chi connectivity index (χ0n) is 8.61. The number of hydrogen-bond acceptors (Lipinski definition) is 4. The maximum Gasteiger partial charge on any atom is 0.171 e. The van der Waals surface area contributed by atoms with Crippen LogP contribution in [0.3, 0.4) is 0 Å². The van der Waals surface area contributed by atoms with Crippen LogP contribution < -0.4 is 5.32 Å². The Labute approximate surface area is 85.2 Å². The molecular formula is C10H20N2O2. The van der Waals surface area contributed by atoms with Crippen LogP contribution in [-0.4, -0.2) is 48.7 Å². The molecule has 2 aliphatic rings. The van der Waals surface area contributed by atoms with E-state index in [4.69, 9.17) is 4.74 Å². The Morgan fingerprint density at radius 3 is 2.79 bits per heavy atom. The van der Waals surface area contributed by atoms with Gasteiger partial charge in [0.15, 0.2) is 6.29 Å². The summed E-state index contributed by atoms with van der Waals surface area (Å²) in [7, 11) is 0. The molecule has 0 aliphatic carbocycles. The Morgan fingerprint density at radius 1 is 1.36 bits per heavy atom. The fraction of sp³-hybridized carbons (Fsp3) is 1.00. The maximum atomic E-state index is 9.70. The summed E-state index contributed by atoms with van der Waals surface area (Å²) >= 11 is 0. The first-order valence-electron chi connectivity index (χ1n) is 5.62. The lowest BCUT2D eigenvalue weighted by atomic mass is 10.2. The Bertz CT molecular complexity index is 166. The van der Waals surface area contributed by atoms with Gasteiger partial charge < -0.3 is 15.2 Å². The van der Waals surface area contributed by atoms with E-state index in [-0.39, 0.29) is 6.04 Å². The molecular weight excluding hydrogens is 180 g/mol. The van der Waals surface area contributed by atoms with Crippen molar-refractivity contribution in [2.45, 2.75) is 38.0 Å². The number of nitrogens with zero attached hydrogens (tertiary/aromatic N) is 1. The lowest BCUT2D eigenvalue weighted by molar-refractivity contribution is -0.144. The largest absolute Gasteiger partial charge is 0.367 e. The Hall–Kier alpha value is -0.160. The molecule has 2 N–H and O–H groups in total. The fourth-order valence-corrected chi connectivity index (χ4v) is 2.16. The van der Waals surface area contributed by atoms with Crippen molar-refractivity contribution in [3.05, 3.63) is 0 Å². The number of rotatable bonds is 4. The molecule has 0 saturated carbocycles. The van der Waals surface area contributed by atoms with Crippen molar-refractivity contribution >= 4 is 0 Å². The first kappa shape index (κ1) is 10.4. The molecule has 0 bridgehead atoms. The normalized spacial score (nSPS) is 31.1. The maximum absolute atomic E-state index is 9.70. The molecule has 2 saturated heterocycles. The highest BCUT2D eigenvalue weighted by Crippen LogP contribution is 2.12. The van der Waals surface area contributed by atoms with Crippen LogP contribution in [-0.2, 0) is 4.74 Å². The lowest BCUT2D eigenvalue weighted by Gasteiger charge is -2.22. The van der Waals surface area contributed by atoms with E-state index in [2.05, 4.69) is 10.2 Å². The third kappa shape index (κ3) is 2.67. The Kier molecular flexibility index (Phi) is 3.75. The number of ether oxygens (including phenoxy) is 1. The molecule has 2 aliphatic heterocycles. The highest BCUT2D eigenvalue weighted by Gasteiger charge is 2.24. The number of aliphatic hydroxyl groups excluding tert-OH is 1. The van der Waals surface area contributed by atoms with Crippen LogP contribution in [0.15, 0.2) is 0 Å². The molecule has 14 heavy (non-hydrogen) atoms. The summed E-state index contributed by atoms with van der Waals surface area (Å²) in [6.07, 6.45) is 4.08. The monoisotopic (exact) mass is 200 g/mol. The number of hydrogen-bond donors (Lipinski definition) is 2. The molecule has 0 radical (unpaired) electrons. The quantitative estimate of drug-likeness (QED) is 0.633. The molecule has 2 rings (SSSR count). The molecule has 2 heterocycles. The summed E-state index contributed by atoms with van der Waals surface area (Å²) < 4.78 is 5.43. The summed E-state index contributed by atoms with van der Waals surface area (Å²) in [5, 5.41) is 12.9. The van der Waals surface area contributed by atoms with Crippen molar-refractivity contribution in [2.75, 3.05) is 26.4 Å². The summed E-state index contributed by atoms with van der Waals surface area (Å²) in [6.45, 7) is 3.82.